The van der Waals surface area contributed by atoms with Gasteiger partial charge in [-0.3, -0.25) is 4.79 Å². The van der Waals surface area contributed by atoms with E-state index < -0.39 is 0 Å². The molecule has 0 saturated heterocycles. The lowest BCUT2D eigenvalue weighted by molar-refractivity contribution is 0.0921. The van der Waals surface area contributed by atoms with Crippen molar-refractivity contribution in [2.45, 2.75) is 45.3 Å². The third-order valence-electron chi connectivity index (χ3n) is 3.77. The number of carbonyl (C=O) groups is 1. The van der Waals surface area contributed by atoms with Crippen molar-refractivity contribution in [3.05, 3.63) is 35.4 Å². The molecule has 1 aliphatic rings. The second kappa shape index (κ2) is 6.71. The van der Waals surface area contributed by atoms with E-state index >= 15 is 0 Å². The number of hydrogen-bond donors (Lipinski definition) is 1. The van der Waals surface area contributed by atoms with Crippen LogP contribution >= 0.6 is 0 Å². The highest BCUT2D eigenvalue weighted by molar-refractivity contribution is 5.94. The summed E-state index contributed by atoms with van der Waals surface area (Å²) in [6.07, 6.45) is 4.71. The molecular weight excluding hydrogens is 238 g/mol. The first-order valence-corrected chi connectivity index (χ1v) is 7.07. The van der Waals surface area contributed by atoms with Gasteiger partial charge in [0, 0.05) is 18.7 Å². The summed E-state index contributed by atoms with van der Waals surface area (Å²) in [5.74, 6) is 0.760. The maximum Gasteiger partial charge on any atom is 0.251 e. The van der Waals surface area contributed by atoms with Crippen molar-refractivity contribution >= 4 is 5.91 Å². The van der Waals surface area contributed by atoms with Crippen LogP contribution in [0.4, 0.5) is 0 Å². The van der Waals surface area contributed by atoms with Crippen molar-refractivity contribution in [1.29, 1.82) is 0 Å². The monoisotopic (exact) mass is 261 g/mol. The first-order valence-electron chi connectivity index (χ1n) is 7.07. The van der Waals surface area contributed by atoms with Crippen molar-refractivity contribution in [1.82, 2.24) is 5.32 Å². The predicted molar refractivity (Wildman–Crippen MR) is 76.0 cm³/mol. The van der Waals surface area contributed by atoms with E-state index in [1.807, 2.05) is 24.3 Å². The summed E-state index contributed by atoms with van der Waals surface area (Å²) in [6.45, 7) is 2.80. The highest BCUT2D eigenvalue weighted by Crippen LogP contribution is 2.23. The fraction of sp³-hybridized carbons (Fsp3) is 0.562. The molecule has 0 radical (unpaired) electrons. The lowest BCUT2D eigenvalue weighted by Crippen LogP contribution is -2.38. The molecule has 0 aliphatic heterocycles. The molecule has 104 valence electrons. The number of amides is 1. The molecule has 2 rings (SSSR count). The third-order valence-corrected chi connectivity index (χ3v) is 3.77. The topological polar surface area (TPSA) is 38.3 Å². The van der Waals surface area contributed by atoms with Gasteiger partial charge in [-0.25, -0.2) is 0 Å². The van der Waals surface area contributed by atoms with Gasteiger partial charge in [-0.2, -0.15) is 0 Å². The van der Waals surface area contributed by atoms with E-state index in [0.717, 1.165) is 29.9 Å². The Hall–Kier alpha value is -1.35. The molecule has 1 fully saturated rings. The van der Waals surface area contributed by atoms with Crippen molar-refractivity contribution in [3.63, 3.8) is 0 Å². The number of ether oxygens (including phenoxy) is 1. The van der Waals surface area contributed by atoms with Crippen LogP contribution in [-0.2, 0) is 11.3 Å². The molecule has 1 amide bonds. The Morgan fingerprint density at radius 3 is 3.00 bits per heavy atom. The van der Waals surface area contributed by atoms with Gasteiger partial charge in [0.1, 0.15) is 0 Å². The lowest BCUT2D eigenvalue weighted by Gasteiger charge is -2.27. The van der Waals surface area contributed by atoms with Crippen LogP contribution in [0, 0.1) is 5.92 Å². The fourth-order valence-corrected chi connectivity index (χ4v) is 2.80. The summed E-state index contributed by atoms with van der Waals surface area (Å²) in [6, 6.07) is 7.99. The second-order valence-electron chi connectivity index (χ2n) is 5.58. The van der Waals surface area contributed by atoms with E-state index in [1.54, 1.807) is 7.11 Å². The summed E-state index contributed by atoms with van der Waals surface area (Å²) in [7, 11) is 1.66. The van der Waals surface area contributed by atoms with Gasteiger partial charge in [-0.15, -0.1) is 0 Å². The molecule has 3 heteroatoms. The molecule has 2 atom stereocenters. The van der Waals surface area contributed by atoms with Gasteiger partial charge >= 0.3 is 0 Å². The summed E-state index contributed by atoms with van der Waals surface area (Å²) >= 11 is 0. The summed E-state index contributed by atoms with van der Waals surface area (Å²) in [5, 5.41) is 3.16. The van der Waals surface area contributed by atoms with Crippen LogP contribution < -0.4 is 5.32 Å². The summed E-state index contributed by atoms with van der Waals surface area (Å²) < 4.78 is 5.09. The number of methoxy groups -OCH3 is 1. The van der Waals surface area contributed by atoms with Gasteiger partial charge in [0.05, 0.1) is 6.61 Å². The zero-order chi connectivity index (χ0) is 13.7. The SMILES string of the molecule is COCc1cccc(C(=O)NC2CCCC(C)C2)c1. The van der Waals surface area contributed by atoms with E-state index in [1.165, 1.54) is 12.8 Å². The summed E-state index contributed by atoms with van der Waals surface area (Å²) in [4.78, 5) is 12.2. The van der Waals surface area contributed by atoms with E-state index in [4.69, 9.17) is 4.74 Å². The average Bonchev–Trinajstić information content (AvgIpc) is 2.39. The zero-order valence-electron chi connectivity index (χ0n) is 11.8. The number of hydrogen-bond acceptors (Lipinski definition) is 2. The van der Waals surface area contributed by atoms with Gasteiger partial charge in [-0.05, 0) is 36.5 Å². The Morgan fingerprint density at radius 1 is 1.42 bits per heavy atom. The molecule has 19 heavy (non-hydrogen) atoms. The van der Waals surface area contributed by atoms with Crippen LogP contribution in [0.2, 0.25) is 0 Å². The van der Waals surface area contributed by atoms with Crippen LogP contribution in [0.15, 0.2) is 24.3 Å². The molecule has 1 N–H and O–H groups in total. The van der Waals surface area contributed by atoms with E-state index in [9.17, 15) is 4.79 Å². The largest absolute Gasteiger partial charge is 0.380 e. The summed E-state index contributed by atoms with van der Waals surface area (Å²) in [5.41, 5.74) is 1.76. The van der Waals surface area contributed by atoms with Crippen LogP contribution in [0.1, 0.15) is 48.5 Å². The average molecular weight is 261 g/mol. The van der Waals surface area contributed by atoms with E-state index in [2.05, 4.69) is 12.2 Å². The minimum atomic E-state index is 0.0389. The molecule has 0 aromatic heterocycles. The smallest absolute Gasteiger partial charge is 0.251 e. The Labute approximate surface area is 115 Å². The highest BCUT2D eigenvalue weighted by Gasteiger charge is 2.20. The van der Waals surface area contributed by atoms with Crippen molar-refractivity contribution < 1.29 is 9.53 Å². The standard InChI is InChI=1S/C16H23NO2/c1-12-5-3-8-15(9-12)17-16(18)14-7-4-6-13(10-14)11-19-2/h4,6-7,10,12,15H,3,5,8-9,11H2,1-2H3,(H,17,18). The quantitative estimate of drug-likeness (QED) is 0.904. The normalized spacial score (nSPS) is 23.1. The first-order chi connectivity index (χ1) is 9.19. The molecule has 0 spiro atoms. The molecule has 0 bridgehead atoms. The zero-order valence-corrected chi connectivity index (χ0v) is 11.8. The van der Waals surface area contributed by atoms with E-state index in [0.29, 0.717) is 12.6 Å². The Morgan fingerprint density at radius 2 is 2.26 bits per heavy atom. The third kappa shape index (κ3) is 4.06. The minimum absolute atomic E-state index is 0.0389. The Bertz CT molecular complexity index is 431. The number of carbonyl (C=O) groups excluding carboxylic acids is 1. The first kappa shape index (κ1) is 14.1. The van der Waals surface area contributed by atoms with Gasteiger partial charge in [0.2, 0.25) is 0 Å². The Balaban J connectivity index is 1.97. The van der Waals surface area contributed by atoms with Crippen molar-refractivity contribution in [3.8, 4) is 0 Å². The Kier molecular flexibility index (Phi) is 4.97. The molecule has 0 heterocycles. The molecule has 1 aromatic rings. The molecule has 1 saturated carbocycles. The van der Waals surface area contributed by atoms with Crippen LogP contribution in [-0.4, -0.2) is 19.1 Å². The van der Waals surface area contributed by atoms with Crippen molar-refractivity contribution in [2.75, 3.05) is 7.11 Å². The van der Waals surface area contributed by atoms with Gasteiger partial charge in [0.15, 0.2) is 0 Å². The fourth-order valence-electron chi connectivity index (χ4n) is 2.80. The van der Waals surface area contributed by atoms with Crippen molar-refractivity contribution in [2.24, 2.45) is 5.92 Å². The predicted octanol–water partition coefficient (Wildman–Crippen LogP) is 3.14. The highest BCUT2D eigenvalue weighted by atomic mass is 16.5. The second-order valence-corrected chi connectivity index (χ2v) is 5.58. The molecule has 3 nitrogen and oxygen atoms in total. The molecular formula is C16H23NO2. The van der Waals surface area contributed by atoms with E-state index in [-0.39, 0.29) is 5.91 Å². The molecule has 2 unspecified atom stereocenters. The van der Waals surface area contributed by atoms with Crippen LogP contribution in [0.3, 0.4) is 0 Å². The van der Waals surface area contributed by atoms with Gasteiger partial charge in [0.25, 0.3) is 5.91 Å². The maximum absolute atomic E-state index is 12.2. The minimum Gasteiger partial charge on any atom is -0.380 e. The maximum atomic E-state index is 12.2. The number of benzene rings is 1. The van der Waals surface area contributed by atoms with Gasteiger partial charge in [-0.1, -0.05) is 31.9 Å². The molecule has 1 aromatic carbocycles. The van der Waals surface area contributed by atoms with Crippen LogP contribution in [0.25, 0.3) is 0 Å². The van der Waals surface area contributed by atoms with Crippen LogP contribution in [0.5, 0.6) is 0 Å². The van der Waals surface area contributed by atoms with Gasteiger partial charge < -0.3 is 10.1 Å². The lowest BCUT2D eigenvalue weighted by atomic mass is 9.87. The number of rotatable bonds is 4. The molecule has 1 aliphatic carbocycles. The number of nitrogens with one attached hydrogen (secondary N) is 1.